The molecule has 0 fully saturated rings. The Balaban J connectivity index is 2.22. The van der Waals surface area contributed by atoms with Gasteiger partial charge in [-0.1, -0.05) is 40.2 Å². The first-order chi connectivity index (χ1) is 7.81. The summed E-state index contributed by atoms with van der Waals surface area (Å²) in [6, 6.07) is 7.96. The predicted molar refractivity (Wildman–Crippen MR) is 67.2 cm³/mol. The molecule has 1 heterocycles. The van der Waals surface area contributed by atoms with Gasteiger partial charge in [0.1, 0.15) is 5.70 Å². The first-order valence-electron chi connectivity index (χ1n) is 4.91. The smallest absolute Gasteiger partial charge is 0.150 e. The largest absolute Gasteiger partial charge is 0.335 e. The Labute approximate surface area is 103 Å². The standard InChI is InChI=1S/C13H10BrNO/c14-13-7-2-1-5-11(13)9-15-8-4-3-6-12(15)10-16/h1-8H,9H2. The number of halogens is 1. The Kier molecular flexibility index (Phi) is 3.40. The van der Waals surface area contributed by atoms with E-state index in [0.717, 1.165) is 10.0 Å². The predicted octanol–water partition coefficient (Wildman–Crippen LogP) is 3.05. The van der Waals surface area contributed by atoms with Gasteiger partial charge in [0.15, 0.2) is 5.94 Å². The number of rotatable bonds is 2. The highest BCUT2D eigenvalue weighted by Crippen LogP contribution is 2.20. The van der Waals surface area contributed by atoms with Crippen LogP contribution >= 0.6 is 15.9 Å². The van der Waals surface area contributed by atoms with Crippen LogP contribution in [0.1, 0.15) is 5.56 Å². The molecular weight excluding hydrogens is 266 g/mol. The average molecular weight is 276 g/mol. The third kappa shape index (κ3) is 2.32. The number of nitrogens with zero attached hydrogens (tertiary/aromatic N) is 1. The zero-order valence-electron chi connectivity index (χ0n) is 8.56. The monoisotopic (exact) mass is 275 g/mol. The van der Waals surface area contributed by atoms with Crippen molar-refractivity contribution in [1.29, 1.82) is 0 Å². The molecule has 2 rings (SSSR count). The molecule has 0 radical (unpaired) electrons. The fraction of sp³-hybridized carbons (Fsp3) is 0.0769. The molecule has 0 bridgehead atoms. The van der Waals surface area contributed by atoms with Crippen LogP contribution in [0.25, 0.3) is 0 Å². The van der Waals surface area contributed by atoms with Crippen LogP contribution in [-0.4, -0.2) is 10.8 Å². The zero-order chi connectivity index (χ0) is 11.4. The molecule has 0 aromatic heterocycles. The van der Waals surface area contributed by atoms with E-state index in [0.29, 0.717) is 12.2 Å². The number of hydrogen-bond donors (Lipinski definition) is 0. The fourth-order valence-corrected chi connectivity index (χ4v) is 1.93. The average Bonchev–Trinajstić information content (AvgIpc) is 2.33. The van der Waals surface area contributed by atoms with Crippen LogP contribution in [0.5, 0.6) is 0 Å². The van der Waals surface area contributed by atoms with Gasteiger partial charge in [-0.2, -0.15) is 0 Å². The summed E-state index contributed by atoms with van der Waals surface area (Å²) < 4.78 is 1.04. The minimum Gasteiger partial charge on any atom is -0.335 e. The maximum Gasteiger partial charge on any atom is 0.150 e. The number of hydrogen-bond acceptors (Lipinski definition) is 2. The van der Waals surface area contributed by atoms with Crippen molar-refractivity contribution in [1.82, 2.24) is 4.90 Å². The van der Waals surface area contributed by atoms with Crippen molar-refractivity contribution in [2.24, 2.45) is 0 Å². The van der Waals surface area contributed by atoms with Gasteiger partial charge in [-0.15, -0.1) is 0 Å². The van der Waals surface area contributed by atoms with Gasteiger partial charge in [-0.3, -0.25) is 0 Å². The van der Waals surface area contributed by atoms with Gasteiger partial charge in [0.05, 0.1) is 0 Å². The van der Waals surface area contributed by atoms with Crippen molar-refractivity contribution >= 4 is 21.9 Å². The minimum absolute atomic E-state index is 0.554. The summed E-state index contributed by atoms with van der Waals surface area (Å²) in [5, 5.41) is 0. The van der Waals surface area contributed by atoms with Gasteiger partial charge in [-0.25, -0.2) is 4.79 Å². The first kappa shape index (κ1) is 10.9. The molecule has 80 valence electrons. The molecule has 0 spiro atoms. The van der Waals surface area contributed by atoms with Gasteiger partial charge < -0.3 is 4.90 Å². The Morgan fingerprint density at radius 1 is 1.25 bits per heavy atom. The molecule has 0 atom stereocenters. The number of allylic oxidation sites excluding steroid dienone is 3. The maximum absolute atomic E-state index is 10.7. The normalized spacial score (nSPS) is 14.1. The third-order valence-electron chi connectivity index (χ3n) is 2.34. The van der Waals surface area contributed by atoms with E-state index in [2.05, 4.69) is 15.9 Å². The molecule has 1 aromatic rings. The molecule has 0 saturated heterocycles. The second kappa shape index (κ2) is 4.97. The molecule has 0 N–H and O–H groups in total. The summed E-state index contributed by atoms with van der Waals surface area (Å²) in [5.41, 5.74) is 1.69. The van der Waals surface area contributed by atoms with Gasteiger partial charge in [0.25, 0.3) is 0 Å². The second-order valence-corrected chi connectivity index (χ2v) is 4.26. The zero-order valence-corrected chi connectivity index (χ0v) is 10.1. The lowest BCUT2D eigenvalue weighted by molar-refractivity contribution is 0.466. The lowest BCUT2D eigenvalue weighted by Gasteiger charge is -2.21. The van der Waals surface area contributed by atoms with Crippen LogP contribution in [0, 0.1) is 0 Å². The quantitative estimate of drug-likeness (QED) is 0.774. The molecule has 3 heteroatoms. The molecule has 0 saturated carbocycles. The Hall–Kier alpha value is -1.57. The van der Waals surface area contributed by atoms with Crippen LogP contribution in [0.3, 0.4) is 0 Å². The van der Waals surface area contributed by atoms with Crippen molar-refractivity contribution in [2.45, 2.75) is 6.54 Å². The summed E-state index contributed by atoms with van der Waals surface area (Å²) >= 11 is 3.49. The van der Waals surface area contributed by atoms with E-state index < -0.39 is 0 Å². The Bertz CT molecular complexity index is 498. The van der Waals surface area contributed by atoms with E-state index in [1.54, 1.807) is 6.08 Å². The Morgan fingerprint density at radius 3 is 2.81 bits per heavy atom. The van der Waals surface area contributed by atoms with E-state index in [4.69, 9.17) is 0 Å². The van der Waals surface area contributed by atoms with Crippen LogP contribution < -0.4 is 0 Å². The molecule has 1 aliphatic rings. The van der Waals surface area contributed by atoms with Crippen molar-refractivity contribution in [2.75, 3.05) is 0 Å². The van der Waals surface area contributed by atoms with E-state index >= 15 is 0 Å². The van der Waals surface area contributed by atoms with Crippen LogP contribution in [0.2, 0.25) is 0 Å². The highest BCUT2D eigenvalue weighted by Gasteiger charge is 2.09. The molecular formula is C13H10BrNO. The van der Waals surface area contributed by atoms with Crippen LogP contribution in [0.4, 0.5) is 0 Å². The molecule has 2 nitrogen and oxygen atoms in total. The lowest BCUT2D eigenvalue weighted by Crippen LogP contribution is -2.17. The van der Waals surface area contributed by atoms with Crippen molar-refractivity contribution < 1.29 is 4.79 Å². The third-order valence-corrected chi connectivity index (χ3v) is 3.12. The maximum atomic E-state index is 10.7. The first-order valence-corrected chi connectivity index (χ1v) is 5.70. The minimum atomic E-state index is 0.554. The van der Waals surface area contributed by atoms with Gasteiger partial charge >= 0.3 is 0 Å². The summed E-state index contributed by atoms with van der Waals surface area (Å²) in [6.45, 7) is 0.660. The van der Waals surface area contributed by atoms with Crippen molar-refractivity contribution in [3.8, 4) is 0 Å². The van der Waals surface area contributed by atoms with Crippen LogP contribution in [0.15, 0.2) is 58.9 Å². The topological polar surface area (TPSA) is 20.3 Å². The van der Waals surface area contributed by atoms with Crippen molar-refractivity contribution in [3.63, 3.8) is 0 Å². The molecule has 0 aliphatic carbocycles. The molecule has 1 aliphatic heterocycles. The SMILES string of the molecule is O=C=C1C=CC=CN1Cc1ccccc1Br. The van der Waals surface area contributed by atoms with Gasteiger partial charge in [0.2, 0.25) is 0 Å². The Morgan fingerprint density at radius 2 is 2.06 bits per heavy atom. The summed E-state index contributed by atoms with van der Waals surface area (Å²) in [6.07, 6.45) is 7.36. The van der Waals surface area contributed by atoms with E-state index in [1.807, 2.05) is 53.5 Å². The number of benzene rings is 1. The van der Waals surface area contributed by atoms with Crippen molar-refractivity contribution in [3.05, 3.63) is 64.4 Å². The summed E-state index contributed by atoms with van der Waals surface area (Å²) in [5.74, 6) is 1.93. The fourth-order valence-electron chi connectivity index (χ4n) is 1.52. The van der Waals surface area contributed by atoms with E-state index in [9.17, 15) is 4.79 Å². The lowest BCUT2D eigenvalue weighted by atomic mass is 10.2. The van der Waals surface area contributed by atoms with Crippen LogP contribution in [-0.2, 0) is 11.3 Å². The van der Waals surface area contributed by atoms with E-state index in [-0.39, 0.29) is 0 Å². The highest BCUT2D eigenvalue weighted by atomic mass is 79.9. The molecule has 0 unspecified atom stereocenters. The molecule has 0 amide bonds. The molecule has 16 heavy (non-hydrogen) atoms. The van der Waals surface area contributed by atoms with Gasteiger partial charge in [0, 0.05) is 17.2 Å². The van der Waals surface area contributed by atoms with E-state index in [1.165, 1.54) is 0 Å². The second-order valence-electron chi connectivity index (χ2n) is 3.41. The number of carbonyl (C=O) groups excluding carboxylic acids is 1. The van der Waals surface area contributed by atoms with Gasteiger partial charge in [-0.05, 0) is 23.8 Å². The molecule has 1 aromatic carbocycles. The summed E-state index contributed by atoms with van der Waals surface area (Å²) in [7, 11) is 0. The highest BCUT2D eigenvalue weighted by molar-refractivity contribution is 9.10. The summed E-state index contributed by atoms with van der Waals surface area (Å²) in [4.78, 5) is 12.6.